The molecule has 2 N–H and O–H groups in total. The molecule has 0 aromatic heterocycles. The minimum Gasteiger partial charge on any atom is -0.479 e. The summed E-state index contributed by atoms with van der Waals surface area (Å²) in [6.45, 7) is -2.66. The fraction of sp³-hybridized carbons (Fsp3) is 0.130. The average molecular weight is 423 g/mol. The number of nitrogens with zero attached hydrogens (tertiary/aromatic N) is 1. The van der Waals surface area contributed by atoms with Crippen molar-refractivity contribution in [3.63, 3.8) is 0 Å². The van der Waals surface area contributed by atoms with Crippen LogP contribution in [0.25, 0.3) is 0 Å². The molecule has 3 aromatic rings. The quantitative estimate of drug-likeness (QED) is 0.513. The van der Waals surface area contributed by atoms with E-state index in [9.17, 15) is 13.6 Å². The van der Waals surface area contributed by atoms with E-state index in [0.717, 1.165) is 5.56 Å². The van der Waals surface area contributed by atoms with E-state index < -0.39 is 6.61 Å². The van der Waals surface area contributed by atoms with Gasteiger partial charge in [-0.15, -0.1) is 0 Å². The molecule has 0 atom stereocenters. The maximum atomic E-state index is 12.7. The van der Waals surface area contributed by atoms with Gasteiger partial charge in [0.15, 0.2) is 6.61 Å². The summed E-state index contributed by atoms with van der Waals surface area (Å²) in [5, 5.41) is 14.6. The van der Waals surface area contributed by atoms with Crippen molar-refractivity contribution in [3.05, 3.63) is 83.9 Å². The van der Waals surface area contributed by atoms with E-state index in [2.05, 4.69) is 15.4 Å². The Balaban J connectivity index is 1.65. The summed E-state index contributed by atoms with van der Waals surface area (Å²) in [5.41, 5.74) is 2.42. The molecular formula is C23H19F2N3O3. The molecule has 0 aliphatic heterocycles. The van der Waals surface area contributed by atoms with Crippen molar-refractivity contribution in [1.29, 1.82) is 5.26 Å². The number of carbonyl (C=O) groups excluding carboxylic acids is 1. The molecule has 0 fully saturated rings. The topological polar surface area (TPSA) is 83.4 Å². The predicted molar refractivity (Wildman–Crippen MR) is 112 cm³/mol. The molecule has 0 unspecified atom stereocenters. The molecule has 6 nitrogen and oxygen atoms in total. The Morgan fingerprint density at radius 2 is 1.77 bits per heavy atom. The molecule has 0 saturated carbocycles. The van der Waals surface area contributed by atoms with Crippen LogP contribution in [0.1, 0.15) is 15.9 Å². The fourth-order valence-corrected chi connectivity index (χ4v) is 2.80. The number of benzene rings is 3. The maximum absolute atomic E-state index is 12.7. The summed E-state index contributed by atoms with van der Waals surface area (Å²) >= 11 is 0. The molecule has 0 aliphatic rings. The van der Waals surface area contributed by atoms with E-state index in [-0.39, 0.29) is 24.8 Å². The minimum atomic E-state index is -2.89. The second kappa shape index (κ2) is 10.6. The monoisotopic (exact) mass is 423 g/mol. The van der Waals surface area contributed by atoms with Crippen LogP contribution in [0.15, 0.2) is 72.8 Å². The number of hydrogen-bond donors (Lipinski definition) is 2. The molecule has 0 radical (unpaired) electrons. The highest BCUT2D eigenvalue weighted by atomic mass is 19.3. The van der Waals surface area contributed by atoms with E-state index in [4.69, 9.17) is 10.00 Å². The van der Waals surface area contributed by atoms with Crippen LogP contribution in [-0.4, -0.2) is 19.1 Å². The number of ether oxygens (including phenoxy) is 2. The van der Waals surface area contributed by atoms with Gasteiger partial charge in [0.25, 0.3) is 5.91 Å². The van der Waals surface area contributed by atoms with Crippen molar-refractivity contribution in [2.75, 3.05) is 11.9 Å². The van der Waals surface area contributed by atoms with Crippen LogP contribution in [0.4, 0.5) is 20.2 Å². The third kappa shape index (κ3) is 6.44. The summed E-state index contributed by atoms with van der Waals surface area (Å²) in [6, 6.07) is 22.0. The lowest BCUT2D eigenvalue weighted by molar-refractivity contribution is -0.0498. The van der Waals surface area contributed by atoms with Crippen LogP contribution in [0.5, 0.6) is 11.5 Å². The van der Waals surface area contributed by atoms with E-state index in [0.29, 0.717) is 22.7 Å². The molecular weight excluding hydrogens is 404 g/mol. The fourth-order valence-electron chi connectivity index (χ4n) is 2.80. The van der Waals surface area contributed by atoms with Gasteiger partial charge >= 0.3 is 6.61 Å². The molecule has 31 heavy (non-hydrogen) atoms. The van der Waals surface area contributed by atoms with Gasteiger partial charge in [0.2, 0.25) is 0 Å². The molecule has 0 spiro atoms. The van der Waals surface area contributed by atoms with Gasteiger partial charge in [-0.2, -0.15) is 14.0 Å². The van der Waals surface area contributed by atoms with Crippen LogP contribution in [0, 0.1) is 11.3 Å². The van der Waals surface area contributed by atoms with Crippen LogP contribution >= 0.6 is 0 Å². The van der Waals surface area contributed by atoms with E-state index in [1.54, 1.807) is 54.6 Å². The van der Waals surface area contributed by atoms with Gasteiger partial charge in [-0.3, -0.25) is 4.79 Å². The Morgan fingerprint density at radius 1 is 1.00 bits per heavy atom. The van der Waals surface area contributed by atoms with Crippen molar-refractivity contribution in [2.45, 2.75) is 13.2 Å². The number of rotatable bonds is 9. The minimum absolute atomic E-state index is 0.0487. The molecule has 1 amide bonds. The van der Waals surface area contributed by atoms with Gasteiger partial charge < -0.3 is 20.1 Å². The highest BCUT2D eigenvalue weighted by Gasteiger charge is 2.12. The number of amides is 1. The van der Waals surface area contributed by atoms with Crippen molar-refractivity contribution in [1.82, 2.24) is 5.32 Å². The SMILES string of the molecule is N#CCOc1cccc(CNC(=O)c2ccccc2Nc2ccc(OC(F)F)cc2)c1. The first-order valence-electron chi connectivity index (χ1n) is 9.33. The van der Waals surface area contributed by atoms with Crippen molar-refractivity contribution in [3.8, 4) is 17.6 Å². The molecule has 8 heteroatoms. The smallest absolute Gasteiger partial charge is 0.387 e. The number of nitrogens with one attached hydrogen (secondary N) is 2. The van der Waals surface area contributed by atoms with E-state index in [1.165, 1.54) is 12.1 Å². The Morgan fingerprint density at radius 3 is 2.52 bits per heavy atom. The second-order valence-corrected chi connectivity index (χ2v) is 6.35. The van der Waals surface area contributed by atoms with Gasteiger partial charge in [-0.05, 0) is 54.1 Å². The molecule has 0 aliphatic carbocycles. The molecule has 0 saturated heterocycles. The van der Waals surface area contributed by atoms with E-state index >= 15 is 0 Å². The van der Waals surface area contributed by atoms with Crippen molar-refractivity contribution < 1.29 is 23.0 Å². The molecule has 3 rings (SSSR count). The highest BCUT2D eigenvalue weighted by molar-refractivity contribution is 6.00. The van der Waals surface area contributed by atoms with Gasteiger partial charge in [0.1, 0.15) is 17.6 Å². The first-order chi connectivity index (χ1) is 15.0. The maximum Gasteiger partial charge on any atom is 0.387 e. The Hall–Kier alpha value is -4.12. The second-order valence-electron chi connectivity index (χ2n) is 6.35. The molecule has 0 heterocycles. The van der Waals surface area contributed by atoms with Gasteiger partial charge in [-0.25, -0.2) is 0 Å². The lowest BCUT2D eigenvalue weighted by atomic mass is 10.1. The summed E-state index contributed by atoms with van der Waals surface area (Å²) in [7, 11) is 0. The van der Waals surface area contributed by atoms with Crippen LogP contribution in [0.2, 0.25) is 0 Å². The summed E-state index contributed by atoms with van der Waals surface area (Å²) < 4.78 is 34.2. The number of para-hydroxylation sites is 1. The van der Waals surface area contributed by atoms with Crippen LogP contribution in [-0.2, 0) is 6.54 Å². The van der Waals surface area contributed by atoms with Crippen molar-refractivity contribution >= 4 is 17.3 Å². The standard InChI is InChI=1S/C23H19F2N3O3/c24-23(25)31-18-10-8-17(9-11-18)28-21-7-2-1-6-20(21)22(29)27-15-16-4-3-5-19(14-16)30-13-12-26/h1-11,14,23,28H,13,15H2,(H,27,29). The average Bonchev–Trinajstić information content (AvgIpc) is 2.78. The zero-order valence-corrected chi connectivity index (χ0v) is 16.3. The normalized spacial score (nSPS) is 10.3. The van der Waals surface area contributed by atoms with Gasteiger partial charge in [-0.1, -0.05) is 24.3 Å². The summed E-state index contributed by atoms with van der Waals surface area (Å²) in [4.78, 5) is 12.7. The van der Waals surface area contributed by atoms with Crippen LogP contribution in [0.3, 0.4) is 0 Å². The lowest BCUT2D eigenvalue weighted by Crippen LogP contribution is -2.23. The highest BCUT2D eigenvalue weighted by Crippen LogP contribution is 2.24. The third-order valence-corrected chi connectivity index (χ3v) is 4.19. The largest absolute Gasteiger partial charge is 0.479 e. The number of nitriles is 1. The van der Waals surface area contributed by atoms with Gasteiger partial charge in [0.05, 0.1) is 11.3 Å². The lowest BCUT2D eigenvalue weighted by Gasteiger charge is -2.13. The zero-order chi connectivity index (χ0) is 22.1. The molecule has 0 bridgehead atoms. The predicted octanol–water partition coefficient (Wildman–Crippen LogP) is 4.86. The zero-order valence-electron chi connectivity index (χ0n) is 16.3. The van der Waals surface area contributed by atoms with Crippen LogP contribution < -0.4 is 20.1 Å². The van der Waals surface area contributed by atoms with Crippen molar-refractivity contribution in [2.24, 2.45) is 0 Å². The summed E-state index contributed by atoms with van der Waals surface area (Å²) in [5.74, 6) is 0.311. The first kappa shape index (κ1) is 21.6. The Bertz CT molecular complexity index is 1070. The Labute approximate surface area is 178 Å². The van der Waals surface area contributed by atoms with E-state index in [1.807, 2.05) is 12.1 Å². The molecule has 158 valence electrons. The number of hydrogen-bond acceptors (Lipinski definition) is 5. The number of carbonyl (C=O) groups is 1. The third-order valence-electron chi connectivity index (χ3n) is 4.19. The van der Waals surface area contributed by atoms with Gasteiger partial charge in [0, 0.05) is 12.2 Å². The first-order valence-corrected chi connectivity index (χ1v) is 9.33. The Kier molecular flexibility index (Phi) is 7.38. The number of anilines is 2. The molecule has 3 aromatic carbocycles. The number of halogens is 2. The summed E-state index contributed by atoms with van der Waals surface area (Å²) in [6.07, 6.45) is 0. The number of alkyl halides is 2.